The highest BCUT2D eigenvalue weighted by atomic mass is 31.2. The minimum absolute atomic E-state index is 0.0108. The highest BCUT2D eigenvalue weighted by Gasteiger charge is 2.27. The average molecular weight is 775 g/mol. The summed E-state index contributed by atoms with van der Waals surface area (Å²) < 4.78 is 34.1. The van der Waals surface area contributed by atoms with E-state index in [0.29, 0.717) is 23.9 Å². The standard InChI is InChI=1S/C44H72NO8P/c1-6-8-10-12-14-16-18-20-22-24-26-28-30-32-34-36-43(46)50-40-42(41-52-54(48,49)51-39-38-45(3,4)5)53-44(47)37-35-33-31-29-27-25-23-21-19-17-15-13-11-9-7-2/h8-11,14-17,20-23,26-29,42H,6-7,12-13,18-19,24-25,30-41H2,1-5H3/p+1/b10-8+,11-9+,16-14+,17-15+,22-20+,23-21+,28-26+,29-27+/t42-/m1/s1. The van der Waals surface area contributed by atoms with Gasteiger partial charge in [-0.1, -0.05) is 111 Å². The Morgan fingerprint density at radius 3 is 1.41 bits per heavy atom. The lowest BCUT2D eigenvalue weighted by atomic mass is 10.1. The van der Waals surface area contributed by atoms with Crippen LogP contribution in [0.2, 0.25) is 0 Å². The van der Waals surface area contributed by atoms with Crippen LogP contribution >= 0.6 is 7.82 Å². The van der Waals surface area contributed by atoms with Crippen molar-refractivity contribution in [3.05, 3.63) is 97.2 Å². The molecule has 10 heteroatoms. The Morgan fingerprint density at radius 2 is 0.981 bits per heavy atom. The minimum Gasteiger partial charge on any atom is -0.462 e. The van der Waals surface area contributed by atoms with Gasteiger partial charge in [0.1, 0.15) is 19.8 Å². The Hall–Kier alpha value is -3.07. The van der Waals surface area contributed by atoms with Gasteiger partial charge in [-0.2, -0.15) is 0 Å². The number of unbranched alkanes of at least 4 members (excludes halogenated alkanes) is 4. The summed E-state index contributed by atoms with van der Waals surface area (Å²) in [7, 11) is 1.40. The van der Waals surface area contributed by atoms with E-state index in [4.69, 9.17) is 18.5 Å². The smallest absolute Gasteiger partial charge is 0.462 e. The SMILES string of the molecule is CC/C=C/C/C=C/C/C=C/C/C=C/CCCCC(=O)OC[C@H](COP(=O)(O)OCC[N+](C)(C)C)OC(=O)CCCC/C=C/C/C=C/C/C=C/C/C=C/CC. The molecule has 0 amide bonds. The maximum atomic E-state index is 12.6. The van der Waals surface area contributed by atoms with Crippen molar-refractivity contribution in [2.75, 3.05) is 47.5 Å². The van der Waals surface area contributed by atoms with Crippen molar-refractivity contribution in [2.24, 2.45) is 0 Å². The van der Waals surface area contributed by atoms with Crippen LogP contribution in [-0.2, 0) is 32.7 Å². The normalized spacial score (nSPS) is 14.7. The molecular formula is C44H73NO8P+. The maximum Gasteiger partial charge on any atom is 0.472 e. The first-order valence-electron chi connectivity index (χ1n) is 20.0. The lowest BCUT2D eigenvalue weighted by Gasteiger charge is -2.24. The van der Waals surface area contributed by atoms with Crippen LogP contribution in [0.3, 0.4) is 0 Å². The van der Waals surface area contributed by atoms with Gasteiger partial charge in [0.25, 0.3) is 0 Å². The minimum atomic E-state index is -4.40. The molecule has 2 atom stereocenters. The number of phosphoric ester groups is 1. The fourth-order valence-electron chi connectivity index (χ4n) is 4.52. The van der Waals surface area contributed by atoms with Crippen molar-refractivity contribution in [3.8, 4) is 0 Å². The zero-order chi connectivity index (χ0) is 40.0. The van der Waals surface area contributed by atoms with Crippen LogP contribution in [0.1, 0.15) is 117 Å². The van der Waals surface area contributed by atoms with Gasteiger partial charge in [0.05, 0.1) is 27.7 Å². The van der Waals surface area contributed by atoms with Gasteiger partial charge in [0, 0.05) is 12.8 Å². The van der Waals surface area contributed by atoms with E-state index < -0.39 is 32.5 Å². The molecule has 1 unspecified atom stereocenters. The molecule has 0 aliphatic carbocycles. The molecule has 9 nitrogen and oxygen atoms in total. The number of allylic oxidation sites excluding steroid dienone is 16. The second-order valence-electron chi connectivity index (χ2n) is 13.9. The van der Waals surface area contributed by atoms with E-state index in [0.717, 1.165) is 77.0 Å². The van der Waals surface area contributed by atoms with Gasteiger partial charge in [-0.05, 0) is 89.9 Å². The summed E-state index contributed by atoms with van der Waals surface area (Å²) in [5.41, 5.74) is 0. The van der Waals surface area contributed by atoms with Crippen molar-refractivity contribution in [1.82, 2.24) is 0 Å². The molecule has 0 aromatic carbocycles. The number of carbonyl (C=O) groups is 2. The quantitative estimate of drug-likeness (QED) is 0.0226. The molecule has 54 heavy (non-hydrogen) atoms. The zero-order valence-electron chi connectivity index (χ0n) is 34.2. The van der Waals surface area contributed by atoms with E-state index in [1.54, 1.807) is 0 Å². The van der Waals surface area contributed by atoms with E-state index in [9.17, 15) is 19.0 Å². The zero-order valence-corrected chi connectivity index (χ0v) is 35.1. The molecule has 0 spiro atoms. The average Bonchev–Trinajstić information content (AvgIpc) is 3.12. The Kier molecular flexibility index (Phi) is 33.6. The van der Waals surface area contributed by atoms with Gasteiger partial charge < -0.3 is 18.9 Å². The summed E-state index contributed by atoms with van der Waals surface area (Å²) in [6.45, 7) is 4.05. The number of phosphoric acid groups is 1. The van der Waals surface area contributed by atoms with Gasteiger partial charge in [0.15, 0.2) is 6.10 Å². The van der Waals surface area contributed by atoms with Crippen molar-refractivity contribution in [3.63, 3.8) is 0 Å². The first-order chi connectivity index (χ1) is 26.0. The first kappa shape index (κ1) is 50.9. The van der Waals surface area contributed by atoms with Crippen LogP contribution in [0.15, 0.2) is 97.2 Å². The topological polar surface area (TPSA) is 108 Å². The van der Waals surface area contributed by atoms with E-state index in [2.05, 4.69) is 111 Å². The first-order valence-corrected chi connectivity index (χ1v) is 21.5. The third kappa shape index (κ3) is 38.6. The summed E-state index contributed by atoms with van der Waals surface area (Å²) in [4.78, 5) is 35.2. The highest BCUT2D eigenvalue weighted by molar-refractivity contribution is 7.47. The van der Waals surface area contributed by atoms with Gasteiger partial charge >= 0.3 is 19.8 Å². The monoisotopic (exact) mass is 775 g/mol. The summed E-state index contributed by atoms with van der Waals surface area (Å²) in [5, 5.41) is 0. The molecule has 306 valence electrons. The third-order valence-electron chi connectivity index (χ3n) is 7.61. The van der Waals surface area contributed by atoms with Crippen molar-refractivity contribution < 1.29 is 42.1 Å². The lowest BCUT2D eigenvalue weighted by Crippen LogP contribution is -2.37. The second kappa shape index (κ2) is 35.6. The molecule has 0 aromatic heterocycles. The molecule has 0 saturated carbocycles. The Morgan fingerprint density at radius 1 is 0.574 bits per heavy atom. The number of likely N-dealkylation sites (N-methyl/N-ethyl adjacent to an activating group) is 1. The van der Waals surface area contributed by atoms with Crippen molar-refractivity contribution >= 4 is 19.8 Å². The maximum absolute atomic E-state index is 12.6. The largest absolute Gasteiger partial charge is 0.472 e. The number of carbonyl (C=O) groups excluding carboxylic acids is 2. The van der Waals surface area contributed by atoms with Crippen LogP contribution < -0.4 is 0 Å². The molecule has 0 fully saturated rings. The van der Waals surface area contributed by atoms with E-state index in [1.807, 2.05) is 21.1 Å². The Balaban J connectivity index is 4.59. The van der Waals surface area contributed by atoms with Crippen molar-refractivity contribution in [1.29, 1.82) is 0 Å². The molecule has 0 aromatic rings. The summed E-state index contributed by atoms with van der Waals surface area (Å²) in [6.07, 6.45) is 46.1. The van der Waals surface area contributed by atoms with Crippen LogP contribution in [0.4, 0.5) is 0 Å². The summed E-state index contributed by atoms with van der Waals surface area (Å²) in [6, 6.07) is 0. The molecule has 0 aliphatic heterocycles. The molecule has 0 radical (unpaired) electrons. The molecule has 1 N–H and O–H groups in total. The number of nitrogens with zero attached hydrogens (tertiary/aromatic N) is 1. The number of quaternary nitrogens is 1. The molecule has 0 rings (SSSR count). The van der Waals surface area contributed by atoms with Gasteiger partial charge in [-0.25, -0.2) is 4.57 Å². The predicted molar refractivity (Wildman–Crippen MR) is 224 cm³/mol. The number of rotatable bonds is 34. The number of esters is 2. The third-order valence-corrected chi connectivity index (χ3v) is 8.59. The summed E-state index contributed by atoms with van der Waals surface area (Å²) >= 11 is 0. The molecular weight excluding hydrogens is 701 g/mol. The van der Waals surface area contributed by atoms with Crippen molar-refractivity contribution in [2.45, 2.75) is 123 Å². The van der Waals surface area contributed by atoms with Gasteiger partial charge in [-0.3, -0.25) is 18.6 Å². The number of hydrogen-bond acceptors (Lipinski definition) is 7. The van der Waals surface area contributed by atoms with Crippen LogP contribution in [0, 0.1) is 0 Å². The fourth-order valence-corrected chi connectivity index (χ4v) is 5.26. The molecule has 0 aliphatic rings. The Bertz CT molecular complexity index is 1240. The number of ether oxygens (including phenoxy) is 2. The lowest BCUT2D eigenvalue weighted by molar-refractivity contribution is -0.870. The second-order valence-corrected chi connectivity index (χ2v) is 15.4. The molecule has 0 bridgehead atoms. The van der Waals surface area contributed by atoms with Crippen LogP contribution in [0.5, 0.6) is 0 Å². The molecule has 0 saturated heterocycles. The number of hydrogen-bond donors (Lipinski definition) is 1. The van der Waals surface area contributed by atoms with E-state index >= 15 is 0 Å². The summed E-state index contributed by atoms with van der Waals surface area (Å²) in [5.74, 6) is -0.910. The fraction of sp³-hybridized carbons (Fsp3) is 0.591. The molecule has 0 heterocycles. The van der Waals surface area contributed by atoms with E-state index in [-0.39, 0.29) is 26.1 Å². The van der Waals surface area contributed by atoms with E-state index in [1.165, 1.54) is 0 Å². The Labute approximate surface area is 328 Å². The van der Waals surface area contributed by atoms with Crippen LogP contribution in [0.25, 0.3) is 0 Å². The van der Waals surface area contributed by atoms with Crippen LogP contribution in [-0.4, -0.2) is 74.9 Å². The highest BCUT2D eigenvalue weighted by Crippen LogP contribution is 2.43. The van der Waals surface area contributed by atoms with Gasteiger partial charge in [-0.15, -0.1) is 0 Å². The predicted octanol–water partition coefficient (Wildman–Crippen LogP) is 11.0. The van der Waals surface area contributed by atoms with Gasteiger partial charge in [0.2, 0.25) is 0 Å².